The van der Waals surface area contributed by atoms with Crippen LogP contribution in [-0.2, 0) is 4.74 Å². The number of aromatic hydroxyl groups is 1. The van der Waals surface area contributed by atoms with Gasteiger partial charge in [0.2, 0.25) is 0 Å². The quantitative estimate of drug-likeness (QED) is 0.707. The first kappa shape index (κ1) is 9.58. The number of esters is 1. The predicted molar refractivity (Wildman–Crippen MR) is 48.8 cm³/mol. The monoisotopic (exact) mass is 180 g/mol. The van der Waals surface area contributed by atoms with Crippen molar-refractivity contribution >= 4 is 5.97 Å². The lowest BCUT2D eigenvalue weighted by atomic mass is 10.1. The second kappa shape index (κ2) is 3.94. The molecular weight excluding hydrogens is 168 g/mol. The third-order valence-electron chi connectivity index (χ3n) is 1.71. The van der Waals surface area contributed by atoms with Gasteiger partial charge in [0.05, 0.1) is 12.2 Å². The number of rotatable bonds is 2. The molecule has 0 aliphatic carbocycles. The van der Waals surface area contributed by atoms with E-state index in [1.807, 2.05) is 0 Å². The standard InChI is InChI=1S/C10H12O3/c1-3-13-10(12)9-5-4-8(11)6-7(9)2/h4-6,11H,3H2,1-2H3. The Morgan fingerprint density at radius 1 is 1.54 bits per heavy atom. The molecule has 0 aromatic heterocycles. The van der Waals surface area contributed by atoms with E-state index in [2.05, 4.69) is 0 Å². The summed E-state index contributed by atoms with van der Waals surface area (Å²) in [7, 11) is 0. The predicted octanol–water partition coefficient (Wildman–Crippen LogP) is 1.88. The molecule has 0 aliphatic heterocycles. The van der Waals surface area contributed by atoms with E-state index in [9.17, 15) is 4.79 Å². The number of phenolic OH excluding ortho intramolecular Hbond substituents is 1. The van der Waals surface area contributed by atoms with Gasteiger partial charge < -0.3 is 9.84 Å². The zero-order chi connectivity index (χ0) is 9.84. The maximum atomic E-state index is 11.3. The van der Waals surface area contributed by atoms with Crippen molar-refractivity contribution in [3.05, 3.63) is 29.3 Å². The first-order chi connectivity index (χ1) is 6.15. The van der Waals surface area contributed by atoms with Crippen LogP contribution in [0.5, 0.6) is 5.75 Å². The van der Waals surface area contributed by atoms with Crippen LogP contribution >= 0.6 is 0 Å². The van der Waals surface area contributed by atoms with Gasteiger partial charge in [0.25, 0.3) is 0 Å². The van der Waals surface area contributed by atoms with Gasteiger partial charge in [0, 0.05) is 0 Å². The molecule has 0 atom stereocenters. The van der Waals surface area contributed by atoms with E-state index in [0.29, 0.717) is 12.2 Å². The fourth-order valence-electron chi connectivity index (χ4n) is 1.09. The van der Waals surface area contributed by atoms with Gasteiger partial charge in [-0.3, -0.25) is 0 Å². The van der Waals surface area contributed by atoms with Crippen LogP contribution in [0.2, 0.25) is 0 Å². The van der Waals surface area contributed by atoms with Gasteiger partial charge in [-0.15, -0.1) is 0 Å². The first-order valence-electron chi connectivity index (χ1n) is 4.12. The number of aryl methyl sites for hydroxylation is 1. The van der Waals surface area contributed by atoms with Crippen LogP contribution in [0.3, 0.4) is 0 Å². The van der Waals surface area contributed by atoms with Gasteiger partial charge in [-0.1, -0.05) is 0 Å². The highest BCUT2D eigenvalue weighted by molar-refractivity contribution is 5.91. The first-order valence-corrected chi connectivity index (χ1v) is 4.12. The highest BCUT2D eigenvalue weighted by atomic mass is 16.5. The summed E-state index contributed by atoms with van der Waals surface area (Å²) in [5.74, 6) is -0.189. The summed E-state index contributed by atoms with van der Waals surface area (Å²) in [5.41, 5.74) is 1.22. The van der Waals surface area contributed by atoms with Crippen LogP contribution in [0.4, 0.5) is 0 Å². The van der Waals surface area contributed by atoms with Crippen molar-refractivity contribution in [1.82, 2.24) is 0 Å². The number of hydrogen-bond acceptors (Lipinski definition) is 3. The lowest BCUT2D eigenvalue weighted by molar-refractivity contribution is 0.0525. The van der Waals surface area contributed by atoms with Gasteiger partial charge in [0.15, 0.2) is 0 Å². The minimum Gasteiger partial charge on any atom is -0.508 e. The number of hydrogen-bond donors (Lipinski definition) is 1. The Bertz CT molecular complexity index is 318. The summed E-state index contributed by atoms with van der Waals surface area (Å²) in [4.78, 5) is 11.3. The van der Waals surface area contributed by atoms with Crippen LogP contribution in [0.25, 0.3) is 0 Å². The molecule has 0 bridgehead atoms. The van der Waals surface area contributed by atoms with Crippen LogP contribution in [-0.4, -0.2) is 17.7 Å². The number of phenols is 1. The summed E-state index contributed by atoms with van der Waals surface area (Å²) < 4.78 is 4.83. The molecule has 70 valence electrons. The molecule has 0 fully saturated rings. The van der Waals surface area contributed by atoms with Crippen molar-refractivity contribution in [1.29, 1.82) is 0 Å². The van der Waals surface area contributed by atoms with Crippen LogP contribution in [0.15, 0.2) is 18.2 Å². The van der Waals surface area contributed by atoms with E-state index in [0.717, 1.165) is 5.56 Å². The number of carbonyl (C=O) groups is 1. The zero-order valence-corrected chi connectivity index (χ0v) is 7.70. The highest BCUT2D eigenvalue weighted by Gasteiger charge is 2.09. The molecule has 1 N–H and O–H groups in total. The van der Waals surface area contributed by atoms with Crippen molar-refractivity contribution in [2.45, 2.75) is 13.8 Å². The molecule has 1 aromatic carbocycles. The molecule has 0 saturated carbocycles. The lowest BCUT2D eigenvalue weighted by Crippen LogP contribution is -2.06. The summed E-state index contributed by atoms with van der Waals surface area (Å²) in [6.07, 6.45) is 0. The van der Waals surface area contributed by atoms with E-state index < -0.39 is 0 Å². The topological polar surface area (TPSA) is 46.5 Å². The Labute approximate surface area is 77.0 Å². The minimum atomic E-state index is -0.347. The average Bonchev–Trinajstić information content (AvgIpc) is 2.04. The molecule has 0 heterocycles. The van der Waals surface area contributed by atoms with E-state index >= 15 is 0 Å². The summed E-state index contributed by atoms with van der Waals surface area (Å²) in [5, 5.41) is 9.10. The molecule has 0 spiro atoms. The largest absolute Gasteiger partial charge is 0.508 e. The third-order valence-corrected chi connectivity index (χ3v) is 1.71. The Kier molecular flexibility index (Phi) is 2.90. The van der Waals surface area contributed by atoms with Gasteiger partial charge in [-0.2, -0.15) is 0 Å². The lowest BCUT2D eigenvalue weighted by Gasteiger charge is -2.04. The van der Waals surface area contributed by atoms with Gasteiger partial charge in [0.1, 0.15) is 5.75 Å². The van der Waals surface area contributed by atoms with Gasteiger partial charge >= 0.3 is 5.97 Å². The molecule has 0 saturated heterocycles. The molecule has 0 radical (unpaired) electrons. The molecule has 1 rings (SSSR count). The summed E-state index contributed by atoms with van der Waals surface area (Å²) in [6.45, 7) is 3.87. The fraction of sp³-hybridized carbons (Fsp3) is 0.300. The smallest absolute Gasteiger partial charge is 0.338 e. The highest BCUT2D eigenvalue weighted by Crippen LogP contribution is 2.16. The molecule has 0 amide bonds. The molecule has 0 aliphatic rings. The molecule has 1 aromatic rings. The van der Waals surface area contributed by atoms with Crippen molar-refractivity contribution in [2.75, 3.05) is 6.61 Å². The molecule has 0 unspecified atom stereocenters. The Balaban J connectivity index is 2.95. The Morgan fingerprint density at radius 2 is 2.23 bits per heavy atom. The van der Waals surface area contributed by atoms with E-state index in [1.54, 1.807) is 19.9 Å². The number of ether oxygens (including phenoxy) is 1. The van der Waals surface area contributed by atoms with E-state index in [4.69, 9.17) is 9.84 Å². The van der Waals surface area contributed by atoms with Crippen LogP contribution in [0.1, 0.15) is 22.8 Å². The normalized spacial score (nSPS) is 9.69. The maximum absolute atomic E-state index is 11.3. The second-order valence-corrected chi connectivity index (χ2v) is 2.72. The van der Waals surface area contributed by atoms with Gasteiger partial charge in [-0.25, -0.2) is 4.79 Å². The number of carbonyl (C=O) groups excluding carboxylic acids is 1. The van der Waals surface area contributed by atoms with Gasteiger partial charge in [-0.05, 0) is 37.6 Å². The third kappa shape index (κ3) is 2.21. The SMILES string of the molecule is CCOC(=O)c1ccc(O)cc1C. The van der Waals surface area contributed by atoms with Crippen molar-refractivity contribution in [3.63, 3.8) is 0 Å². The average molecular weight is 180 g/mol. The summed E-state index contributed by atoms with van der Waals surface area (Å²) in [6, 6.07) is 4.56. The van der Waals surface area contributed by atoms with Crippen molar-refractivity contribution in [2.24, 2.45) is 0 Å². The van der Waals surface area contributed by atoms with Crippen molar-refractivity contribution in [3.8, 4) is 5.75 Å². The molecule has 3 nitrogen and oxygen atoms in total. The number of benzene rings is 1. The van der Waals surface area contributed by atoms with E-state index in [-0.39, 0.29) is 11.7 Å². The van der Waals surface area contributed by atoms with E-state index in [1.165, 1.54) is 12.1 Å². The second-order valence-electron chi connectivity index (χ2n) is 2.72. The fourth-order valence-corrected chi connectivity index (χ4v) is 1.09. The van der Waals surface area contributed by atoms with Crippen LogP contribution in [0, 0.1) is 6.92 Å². The zero-order valence-electron chi connectivity index (χ0n) is 7.70. The Hall–Kier alpha value is -1.51. The van der Waals surface area contributed by atoms with Crippen LogP contribution < -0.4 is 0 Å². The van der Waals surface area contributed by atoms with Crippen molar-refractivity contribution < 1.29 is 14.6 Å². The summed E-state index contributed by atoms with van der Waals surface area (Å²) >= 11 is 0. The maximum Gasteiger partial charge on any atom is 0.338 e. The molecule has 13 heavy (non-hydrogen) atoms. The molecular formula is C10H12O3. The minimum absolute atomic E-state index is 0.158. The Morgan fingerprint density at radius 3 is 2.77 bits per heavy atom. The molecule has 3 heteroatoms.